The van der Waals surface area contributed by atoms with Gasteiger partial charge in [0.05, 0.1) is 22.8 Å². The van der Waals surface area contributed by atoms with Crippen LogP contribution in [0.5, 0.6) is 5.75 Å². The van der Waals surface area contributed by atoms with Crippen molar-refractivity contribution in [2.24, 2.45) is 0 Å². The first kappa shape index (κ1) is 13.3. The van der Waals surface area contributed by atoms with Crippen LogP contribution in [-0.2, 0) is 6.42 Å². The predicted octanol–water partition coefficient (Wildman–Crippen LogP) is 3.23. The number of hydrogen-bond acceptors (Lipinski definition) is 4. The number of likely N-dealkylation sites (N-methyl/N-ethyl adjacent to an activating group) is 1. The second kappa shape index (κ2) is 6.18. The number of hydrogen-bond donors (Lipinski definition) is 1. The summed E-state index contributed by atoms with van der Waals surface area (Å²) >= 11 is 7.79. The molecule has 0 atom stereocenters. The number of benzene rings is 1. The van der Waals surface area contributed by atoms with Gasteiger partial charge < -0.3 is 10.1 Å². The van der Waals surface area contributed by atoms with Crippen molar-refractivity contribution in [3.05, 3.63) is 33.6 Å². The van der Waals surface area contributed by atoms with Crippen LogP contribution in [-0.4, -0.2) is 25.7 Å². The first-order chi connectivity index (χ1) is 8.74. The SMILES string of the molecule is CNCCc1nc(-c2ccc(OC)c(Cl)c2)cs1. The number of aromatic nitrogens is 1. The van der Waals surface area contributed by atoms with Crippen molar-refractivity contribution >= 4 is 22.9 Å². The molecule has 0 radical (unpaired) electrons. The van der Waals surface area contributed by atoms with E-state index in [0.717, 1.165) is 29.2 Å². The van der Waals surface area contributed by atoms with E-state index in [9.17, 15) is 0 Å². The van der Waals surface area contributed by atoms with Gasteiger partial charge in [-0.2, -0.15) is 0 Å². The first-order valence-electron chi connectivity index (χ1n) is 5.67. The molecule has 0 aliphatic rings. The number of rotatable bonds is 5. The Morgan fingerprint density at radius 2 is 2.28 bits per heavy atom. The second-order valence-electron chi connectivity index (χ2n) is 3.83. The summed E-state index contributed by atoms with van der Waals surface area (Å²) in [5.74, 6) is 0.686. The molecule has 0 spiro atoms. The zero-order valence-electron chi connectivity index (χ0n) is 10.4. The Bertz CT molecular complexity index is 527. The molecule has 0 saturated heterocycles. The average molecular weight is 283 g/mol. The van der Waals surface area contributed by atoms with Gasteiger partial charge in [0.1, 0.15) is 5.75 Å². The Morgan fingerprint density at radius 3 is 2.94 bits per heavy atom. The van der Waals surface area contributed by atoms with E-state index in [1.165, 1.54) is 0 Å². The van der Waals surface area contributed by atoms with E-state index in [0.29, 0.717) is 10.8 Å². The minimum atomic E-state index is 0.611. The summed E-state index contributed by atoms with van der Waals surface area (Å²) in [5.41, 5.74) is 1.99. The lowest BCUT2D eigenvalue weighted by Crippen LogP contribution is -2.09. The molecule has 1 aromatic heterocycles. The minimum absolute atomic E-state index is 0.611. The third-order valence-electron chi connectivity index (χ3n) is 2.59. The van der Waals surface area contributed by atoms with Gasteiger partial charge in [-0.1, -0.05) is 11.6 Å². The van der Waals surface area contributed by atoms with Crippen molar-refractivity contribution in [1.29, 1.82) is 0 Å². The molecule has 0 amide bonds. The summed E-state index contributed by atoms with van der Waals surface area (Å²) in [6.45, 7) is 0.941. The molecule has 3 nitrogen and oxygen atoms in total. The van der Waals surface area contributed by atoms with E-state index in [2.05, 4.69) is 15.7 Å². The van der Waals surface area contributed by atoms with Crippen molar-refractivity contribution in [2.45, 2.75) is 6.42 Å². The fourth-order valence-electron chi connectivity index (χ4n) is 1.62. The van der Waals surface area contributed by atoms with Crippen LogP contribution in [0, 0.1) is 0 Å². The van der Waals surface area contributed by atoms with Gasteiger partial charge in [0.15, 0.2) is 0 Å². The average Bonchev–Trinajstić information content (AvgIpc) is 2.85. The van der Waals surface area contributed by atoms with E-state index >= 15 is 0 Å². The number of halogens is 1. The van der Waals surface area contributed by atoms with Crippen LogP contribution in [0.3, 0.4) is 0 Å². The summed E-state index contributed by atoms with van der Waals surface area (Å²) in [7, 11) is 3.55. The van der Waals surface area contributed by atoms with Gasteiger partial charge in [0, 0.05) is 23.9 Å². The number of ether oxygens (including phenoxy) is 1. The van der Waals surface area contributed by atoms with Gasteiger partial charge >= 0.3 is 0 Å². The van der Waals surface area contributed by atoms with Crippen molar-refractivity contribution in [3.63, 3.8) is 0 Å². The molecule has 2 aromatic rings. The van der Waals surface area contributed by atoms with E-state index in [-0.39, 0.29) is 0 Å². The monoisotopic (exact) mass is 282 g/mol. The highest BCUT2D eigenvalue weighted by Crippen LogP contribution is 2.30. The normalized spacial score (nSPS) is 10.6. The fraction of sp³-hybridized carbons (Fsp3) is 0.308. The van der Waals surface area contributed by atoms with E-state index < -0.39 is 0 Å². The van der Waals surface area contributed by atoms with E-state index in [4.69, 9.17) is 16.3 Å². The topological polar surface area (TPSA) is 34.2 Å². The van der Waals surface area contributed by atoms with Gasteiger partial charge in [-0.05, 0) is 25.2 Å². The molecule has 2 rings (SSSR count). The van der Waals surface area contributed by atoms with Crippen LogP contribution in [0.4, 0.5) is 0 Å². The number of thiazole rings is 1. The molecule has 0 unspecified atom stereocenters. The molecule has 1 heterocycles. The zero-order valence-corrected chi connectivity index (χ0v) is 11.9. The highest BCUT2D eigenvalue weighted by atomic mass is 35.5. The maximum absolute atomic E-state index is 6.11. The minimum Gasteiger partial charge on any atom is -0.495 e. The van der Waals surface area contributed by atoms with Crippen LogP contribution in [0.1, 0.15) is 5.01 Å². The summed E-state index contributed by atoms with van der Waals surface area (Å²) in [6, 6.07) is 5.73. The standard InChI is InChI=1S/C13H15ClN2OS/c1-15-6-5-13-16-11(8-18-13)9-3-4-12(17-2)10(14)7-9/h3-4,7-8,15H,5-6H2,1-2H3. The highest BCUT2D eigenvalue weighted by molar-refractivity contribution is 7.09. The molecule has 5 heteroatoms. The molecule has 0 fully saturated rings. The quantitative estimate of drug-likeness (QED) is 0.914. The van der Waals surface area contributed by atoms with Gasteiger partial charge in [-0.15, -0.1) is 11.3 Å². The van der Waals surface area contributed by atoms with Crippen LogP contribution in [0.2, 0.25) is 5.02 Å². The van der Waals surface area contributed by atoms with E-state index in [1.54, 1.807) is 18.4 Å². The third-order valence-corrected chi connectivity index (χ3v) is 3.79. The molecule has 18 heavy (non-hydrogen) atoms. The van der Waals surface area contributed by atoms with Crippen molar-refractivity contribution in [1.82, 2.24) is 10.3 Å². The second-order valence-corrected chi connectivity index (χ2v) is 5.18. The molecule has 0 aliphatic carbocycles. The Balaban J connectivity index is 2.20. The zero-order chi connectivity index (χ0) is 13.0. The van der Waals surface area contributed by atoms with Gasteiger partial charge in [-0.25, -0.2) is 4.98 Å². The molecule has 0 bridgehead atoms. The van der Waals surface area contributed by atoms with Crippen LogP contribution < -0.4 is 10.1 Å². The maximum Gasteiger partial charge on any atom is 0.137 e. The van der Waals surface area contributed by atoms with Crippen molar-refractivity contribution in [3.8, 4) is 17.0 Å². The fourth-order valence-corrected chi connectivity index (χ4v) is 2.68. The molecule has 96 valence electrons. The lowest BCUT2D eigenvalue weighted by Gasteiger charge is -2.04. The predicted molar refractivity (Wildman–Crippen MR) is 76.7 cm³/mol. The summed E-state index contributed by atoms with van der Waals surface area (Å²) in [6.07, 6.45) is 0.949. The Morgan fingerprint density at radius 1 is 1.44 bits per heavy atom. The molecule has 1 N–H and O–H groups in total. The Hall–Kier alpha value is -1.10. The Labute approximate surface area is 116 Å². The smallest absolute Gasteiger partial charge is 0.137 e. The van der Waals surface area contributed by atoms with Crippen molar-refractivity contribution < 1.29 is 4.74 Å². The van der Waals surface area contributed by atoms with Gasteiger partial charge in [-0.3, -0.25) is 0 Å². The van der Waals surface area contributed by atoms with E-state index in [1.807, 2.05) is 25.2 Å². The Kier molecular flexibility index (Phi) is 4.58. The number of nitrogens with zero attached hydrogens (tertiary/aromatic N) is 1. The maximum atomic E-state index is 6.11. The van der Waals surface area contributed by atoms with Gasteiger partial charge in [0.2, 0.25) is 0 Å². The molecule has 1 aromatic carbocycles. The number of methoxy groups -OCH3 is 1. The lowest BCUT2D eigenvalue weighted by atomic mass is 10.2. The molecule has 0 aliphatic heterocycles. The summed E-state index contributed by atoms with van der Waals surface area (Å²) in [4.78, 5) is 4.59. The van der Waals surface area contributed by atoms with Crippen LogP contribution >= 0.6 is 22.9 Å². The molecular weight excluding hydrogens is 268 g/mol. The summed E-state index contributed by atoms with van der Waals surface area (Å²) < 4.78 is 5.14. The number of nitrogens with one attached hydrogen (secondary N) is 1. The van der Waals surface area contributed by atoms with Crippen LogP contribution in [0.25, 0.3) is 11.3 Å². The largest absolute Gasteiger partial charge is 0.495 e. The third kappa shape index (κ3) is 3.02. The van der Waals surface area contributed by atoms with Crippen molar-refractivity contribution in [2.75, 3.05) is 20.7 Å². The molecular formula is C13H15ClN2OS. The summed E-state index contributed by atoms with van der Waals surface area (Å²) in [5, 5.41) is 6.92. The molecule has 0 saturated carbocycles. The van der Waals surface area contributed by atoms with Gasteiger partial charge in [0.25, 0.3) is 0 Å². The van der Waals surface area contributed by atoms with Crippen LogP contribution in [0.15, 0.2) is 23.6 Å². The lowest BCUT2D eigenvalue weighted by molar-refractivity contribution is 0.415. The highest BCUT2D eigenvalue weighted by Gasteiger charge is 2.07. The first-order valence-corrected chi connectivity index (χ1v) is 6.93.